The van der Waals surface area contributed by atoms with Gasteiger partial charge in [0.2, 0.25) is 11.9 Å². The van der Waals surface area contributed by atoms with Crippen LogP contribution in [0, 0.1) is 6.92 Å². The van der Waals surface area contributed by atoms with Crippen molar-refractivity contribution in [2.45, 2.75) is 20.0 Å². The molecule has 6 heteroatoms. The Bertz CT molecular complexity index is 460. The van der Waals surface area contributed by atoms with Gasteiger partial charge in [-0.05, 0) is 13.8 Å². The molecule has 0 aliphatic carbocycles. The Labute approximate surface area is 100 Å². The summed E-state index contributed by atoms with van der Waals surface area (Å²) in [5.41, 5.74) is 0.876. The summed E-state index contributed by atoms with van der Waals surface area (Å²) in [4.78, 5) is 10.6. The Morgan fingerprint density at radius 3 is 2.76 bits per heavy atom. The summed E-state index contributed by atoms with van der Waals surface area (Å²) >= 11 is 0. The molecule has 1 unspecified atom stereocenters. The van der Waals surface area contributed by atoms with Crippen molar-refractivity contribution in [1.29, 1.82) is 0 Å². The van der Waals surface area contributed by atoms with E-state index in [0.29, 0.717) is 5.96 Å². The number of hydrogen-bond acceptors (Lipinski definition) is 6. The molecule has 2 N–H and O–H groups in total. The van der Waals surface area contributed by atoms with Crippen LogP contribution in [0.4, 0.5) is 5.69 Å². The van der Waals surface area contributed by atoms with Crippen LogP contribution in [0.15, 0.2) is 26.7 Å². The predicted molar refractivity (Wildman–Crippen MR) is 68.2 cm³/mol. The van der Waals surface area contributed by atoms with E-state index in [1.54, 1.807) is 6.26 Å². The van der Waals surface area contributed by atoms with Crippen molar-refractivity contribution >= 4 is 17.6 Å². The normalized spacial score (nSPS) is 19.2. The summed E-state index contributed by atoms with van der Waals surface area (Å²) in [5.74, 6) is 2.32. The number of hydrogen-bond donors (Lipinski definition) is 2. The van der Waals surface area contributed by atoms with Gasteiger partial charge in [-0.2, -0.15) is 0 Å². The van der Waals surface area contributed by atoms with Gasteiger partial charge in [0.1, 0.15) is 18.2 Å². The molecule has 1 atom stereocenters. The molecule has 0 bridgehead atoms. The van der Waals surface area contributed by atoms with Crippen LogP contribution in [0.1, 0.15) is 12.7 Å². The van der Waals surface area contributed by atoms with Gasteiger partial charge in [0.15, 0.2) is 0 Å². The molecular weight excluding hydrogens is 218 g/mol. The van der Waals surface area contributed by atoms with E-state index < -0.39 is 0 Å². The number of aryl methyl sites for hydroxylation is 1. The first-order chi connectivity index (χ1) is 8.04. The lowest BCUT2D eigenvalue weighted by Crippen LogP contribution is -2.46. The molecule has 6 nitrogen and oxygen atoms in total. The third-order valence-electron chi connectivity index (χ3n) is 2.27. The lowest BCUT2D eigenvalue weighted by molar-refractivity contribution is 0.535. The molecular formula is C11H17N5O. The van der Waals surface area contributed by atoms with Crippen molar-refractivity contribution in [3.05, 3.63) is 18.1 Å². The van der Waals surface area contributed by atoms with Crippen molar-refractivity contribution in [1.82, 2.24) is 10.2 Å². The van der Waals surface area contributed by atoms with Gasteiger partial charge in [0.05, 0.1) is 5.69 Å². The Balaban J connectivity index is 2.08. The number of furan rings is 1. The van der Waals surface area contributed by atoms with Gasteiger partial charge in [0.25, 0.3) is 0 Å². The summed E-state index contributed by atoms with van der Waals surface area (Å²) in [6, 6.07) is 1.91. The van der Waals surface area contributed by atoms with Gasteiger partial charge >= 0.3 is 0 Å². The quantitative estimate of drug-likeness (QED) is 0.768. The van der Waals surface area contributed by atoms with Crippen molar-refractivity contribution in [3.63, 3.8) is 0 Å². The van der Waals surface area contributed by atoms with Gasteiger partial charge in [-0.3, -0.25) is 5.32 Å². The molecule has 1 aromatic heterocycles. The van der Waals surface area contributed by atoms with Crippen molar-refractivity contribution in [3.8, 4) is 0 Å². The molecule has 0 saturated carbocycles. The lowest BCUT2D eigenvalue weighted by Gasteiger charge is -2.23. The maximum absolute atomic E-state index is 5.22. The molecule has 1 aliphatic heterocycles. The monoisotopic (exact) mass is 235 g/mol. The first-order valence-electron chi connectivity index (χ1n) is 5.46. The number of aliphatic imine (C=N–C) groups is 2. The topological polar surface area (TPSA) is 65.2 Å². The maximum atomic E-state index is 5.22. The van der Waals surface area contributed by atoms with Crippen molar-refractivity contribution in [2.75, 3.05) is 19.4 Å². The van der Waals surface area contributed by atoms with Gasteiger partial charge in [-0.15, -0.1) is 0 Å². The second-order valence-corrected chi connectivity index (χ2v) is 4.15. The summed E-state index contributed by atoms with van der Waals surface area (Å²) in [5, 5.41) is 6.27. The number of guanidine groups is 2. The standard InChI is InChI=1S/C11H17N5O/c1-7-5-9(6-17-7)14-10-12-8(2)13-11(15-10)16(3)4/h5-6,8H,1-4H3,(H2,12,13,14,15). The maximum Gasteiger partial charge on any atom is 0.204 e. The van der Waals surface area contributed by atoms with Crippen LogP contribution in [-0.2, 0) is 0 Å². The molecule has 0 aromatic carbocycles. The molecule has 0 spiro atoms. The second-order valence-electron chi connectivity index (χ2n) is 4.15. The van der Waals surface area contributed by atoms with Crippen molar-refractivity contribution < 1.29 is 4.42 Å². The minimum absolute atomic E-state index is 0.0934. The first kappa shape index (κ1) is 11.5. The van der Waals surface area contributed by atoms with Crippen LogP contribution in [-0.4, -0.2) is 37.1 Å². The van der Waals surface area contributed by atoms with Crippen molar-refractivity contribution in [2.24, 2.45) is 9.98 Å². The minimum Gasteiger partial charge on any atom is -0.467 e. The summed E-state index contributed by atoms with van der Waals surface area (Å²) in [6.45, 7) is 3.84. The Morgan fingerprint density at radius 2 is 2.18 bits per heavy atom. The van der Waals surface area contributed by atoms with Gasteiger partial charge in [-0.1, -0.05) is 0 Å². The van der Waals surface area contributed by atoms with Crippen LogP contribution in [0.5, 0.6) is 0 Å². The molecule has 1 aliphatic rings. The zero-order chi connectivity index (χ0) is 12.4. The van der Waals surface area contributed by atoms with E-state index in [0.717, 1.165) is 17.4 Å². The van der Waals surface area contributed by atoms with Crippen LogP contribution in [0.2, 0.25) is 0 Å². The molecule has 0 saturated heterocycles. The highest BCUT2D eigenvalue weighted by Crippen LogP contribution is 2.12. The minimum atomic E-state index is -0.0934. The fourth-order valence-electron chi connectivity index (χ4n) is 1.50. The molecule has 1 aromatic rings. The zero-order valence-electron chi connectivity index (χ0n) is 10.5. The zero-order valence-corrected chi connectivity index (χ0v) is 10.5. The average Bonchev–Trinajstić information content (AvgIpc) is 2.63. The number of nitrogens with one attached hydrogen (secondary N) is 2. The smallest absolute Gasteiger partial charge is 0.204 e. The molecule has 2 rings (SSSR count). The summed E-state index contributed by atoms with van der Waals surface area (Å²) in [7, 11) is 3.87. The molecule has 0 amide bonds. The van der Waals surface area contributed by atoms with E-state index in [4.69, 9.17) is 4.42 Å². The molecule has 92 valence electrons. The second kappa shape index (κ2) is 4.48. The van der Waals surface area contributed by atoms with E-state index in [9.17, 15) is 0 Å². The first-order valence-corrected chi connectivity index (χ1v) is 5.46. The average molecular weight is 235 g/mol. The Kier molecular flexibility index (Phi) is 3.03. The SMILES string of the molecule is Cc1cc(NC2=NC(C)N=C(N(C)C)N2)co1. The van der Waals surface area contributed by atoms with E-state index in [1.807, 2.05) is 38.9 Å². The highest BCUT2D eigenvalue weighted by atomic mass is 16.3. The Morgan fingerprint density at radius 1 is 1.41 bits per heavy atom. The van der Waals surface area contributed by atoms with E-state index in [2.05, 4.69) is 20.6 Å². The number of nitrogens with zero attached hydrogens (tertiary/aromatic N) is 3. The largest absolute Gasteiger partial charge is 0.467 e. The molecule has 2 heterocycles. The van der Waals surface area contributed by atoms with Crippen LogP contribution in [0.25, 0.3) is 0 Å². The lowest BCUT2D eigenvalue weighted by atomic mass is 10.4. The highest BCUT2D eigenvalue weighted by Gasteiger charge is 2.15. The van der Waals surface area contributed by atoms with E-state index in [-0.39, 0.29) is 6.17 Å². The molecule has 17 heavy (non-hydrogen) atoms. The molecule has 0 radical (unpaired) electrons. The van der Waals surface area contributed by atoms with Crippen LogP contribution in [0.3, 0.4) is 0 Å². The molecule has 0 fully saturated rings. The fraction of sp³-hybridized carbons (Fsp3) is 0.455. The third-order valence-corrected chi connectivity index (χ3v) is 2.27. The van der Waals surface area contributed by atoms with Gasteiger partial charge in [0, 0.05) is 20.2 Å². The van der Waals surface area contributed by atoms with Crippen LogP contribution < -0.4 is 10.6 Å². The van der Waals surface area contributed by atoms with E-state index >= 15 is 0 Å². The number of rotatable bonds is 1. The third kappa shape index (κ3) is 2.77. The predicted octanol–water partition coefficient (Wildman–Crippen LogP) is 1.22. The number of anilines is 1. The summed E-state index contributed by atoms with van der Waals surface area (Å²) in [6.07, 6.45) is 1.56. The highest BCUT2D eigenvalue weighted by molar-refractivity contribution is 6.06. The van der Waals surface area contributed by atoms with E-state index in [1.165, 1.54) is 0 Å². The van der Waals surface area contributed by atoms with Gasteiger partial charge in [-0.25, -0.2) is 9.98 Å². The van der Waals surface area contributed by atoms with Crippen LogP contribution >= 0.6 is 0 Å². The van der Waals surface area contributed by atoms with Gasteiger partial charge < -0.3 is 14.6 Å². The summed E-state index contributed by atoms with van der Waals surface area (Å²) < 4.78 is 5.22. The Hall–Kier alpha value is -1.98. The fourth-order valence-corrected chi connectivity index (χ4v) is 1.50.